The lowest BCUT2D eigenvalue weighted by Gasteiger charge is -2.25. The van der Waals surface area contributed by atoms with Crippen molar-refractivity contribution in [1.82, 2.24) is 14.8 Å². The SMILES string of the molecule is COc1ccc(C2=CC(c3ccc(Cl)cc3Cl)n3ncnc3N2)cc1OC. The third-order valence-electron chi connectivity index (χ3n) is 4.38. The minimum Gasteiger partial charge on any atom is -0.493 e. The van der Waals surface area contributed by atoms with Crippen LogP contribution >= 0.6 is 23.2 Å². The van der Waals surface area contributed by atoms with Gasteiger partial charge in [0.2, 0.25) is 5.95 Å². The molecule has 1 N–H and O–H groups in total. The summed E-state index contributed by atoms with van der Waals surface area (Å²) in [7, 11) is 3.22. The van der Waals surface area contributed by atoms with Gasteiger partial charge < -0.3 is 14.8 Å². The lowest BCUT2D eigenvalue weighted by molar-refractivity contribution is 0.355. The summed E-state index contributed by atoms with van der Waals surface area (Å²) in [6, 6.07) is 10.9. The Balaban J connectivity index is 1.81. The van der Waals surface area contributed by atoms with Crippen molar-refractivity contribution in [2.75, 3.05) is 19.5 Å². The fourth-order valence-electron chi connectivity index (χ4n) is 3.07. The van der Waals surface area contributed by atoms with E-state index in [2.05, 4.69) is 15.4 Å². The summed E-state index contributed by atoms with van der Waals surface area (Å²) in [5, 5.41) is 8.78. The number of rotatable bonds is 4. The molecule has 0 aliphatic carbocycles. The fraction of sp³-hybridized carbons (Fsp3) is 0.158. The number of hydrogen-bond donors (Lipinski definition) is 1. The first-order chi connectivity index (χ1) is 13.1. The molecule has 2 aromatic carbocycles. The van der Waals surface area contributed by atoms with E-state index in [1.807, 2.05) is 36.4 Å². The first kappa shape index (κ1) is 17.7. The maximum absolute atomic E-state index is 6.45. The number of methoxy groups -OCH3 is 2. The van der Waals surface area contributed by atoms with Crippen molar-refractivity contribution in [1.29, 1.82) is 0 Å². The summed E-state index contributed by atoms with van der Waals surface area (Å²) in [4.78, 5) is 4.31. The molecule has 3 aromatic rings. The Morgan fingerprint density at radius 1 is 1.04 bits per heavy atom. The molecule has 0 fully saturated rings. The number of benzene rings is 2. The van der Waals surface area contributed by atoms with Crippen molar-refractivity contribution in [2.45, 2.75) is 6.04 Å². The standard InChI is InChI=1S/C19H16Cl2N4O2/c1-26-17-6-3-11(7-18(17)27-2)15-9-16(25-19(24-15)22-10-23-25)13-5-4-12(20)8-14(13)21/h3-10,16H,1-2H3,(H,22,23,24). The molecular weight excluding hydrogens is 387 g/mol. The number of nitrogens with zero attached hydrogens (tertiary/aromatic N) is 3. The van der Waals surface area contributed by atoms with Crippen molar-refractivity contribution in [3.63, 3.8) is 0 Å². The number of allylic oxidation sites excluding steroid dienone is 1. The minimum atomic E-state index is -0.225. The molecule has 8 heteroatoms. The maximum atomic E-state index is 6.45. The van der Waals surface area contributed by atoms with Crippen molar-refractivity contribution in [3.05, 3.63) is 70.0 Å². The van der Waals surface area contributed by atoms with Crippen molar-refractivity contribution in [2.24, 2.45) is 0 Å². The Kier molecular flexibility index (Phi) is 4.68. The minimum absolute atomic E-state index is 0.225. The molecule has 2 heterocycles. The lowest BCUT2D eigenvalue weighted by atomic mass is 10.0. The smallest absolute Gasteiger partial charge is 0.226 e. The number of fused-ring (bicyclic) bond motifs is 1. The van der Waals surface area contributed by atoms with E-state index in [1.54, 1.807) is 25.0 Å². The van der Waals surface area contributed by atoms with Crippen LogP contribution in [0.3, 0.4) is 0 Å². The summed E-state index contributed by atoms with van der Waals surface area (Å²) in [6.45, 7) is 0. The molecule has 0 saturated carbocycles. The van der Waals surface area contributed by atoms with Gasteiger partial charge in [-0.3, -0.25) is 0 Å². The highest BCUT2D eigenvalue weighted by Crippen LogP contribution is 2.37. The molecule has 1 aromatic heterocycles. The van der Waals surface area contributed by atoms with E-state index in [1.165, 1.54) is 6.33 Å². The second-order valence-corrected chi connectivity index (χ2v) is 6.76. The Hall–Kier alpha value is -2.70. The zero-order chi connectivity index (χ0) is 19.0. The second kappa shape index (κ2) is 7.13. The first-order valence-corrected chi connectivity index (χ1v) is 8.92. The van der Waals surface area contributed by atoms with Crippen LogP contribution in [0.1, 0.15) is 17.2 Å². The van der Waals surface area contributed by atoms with Gasteiger partial charge in [0.25, 0.3) is 0 Å². The van der Waals surface area contributed by atoms with Gasteiger partial charge in [0.15, 0.2) is 11.5 Å². The molecule has 27 heavy (non-hydrogen) atoms. The van der Waals surface area contributed by atoms with Crippen molar-refractivity contribution in [3.8, 4) is 11.5 Å². The predicted octanol–water partition coefficient (Wildman–Crippen LogP) is 4.66. The van der Waals surface area contributed by atoms with E-state index in [-0.39, 0.29) is 6.04 Å². The Morgan fingerprint density at radius 2 is 1.85 bits per heavy atom. The van der Waals surface area contributed by atoms with Crippen LogP contribution in [0.4, 0.5) is 5.95 Å². The van der Waals surface area contributed by atoms with Crippen LogP contribution in [-0.4, -0.2) is 29.0 Å². The number of nitrogens with one attached hydrogen (secondary N) is 1. The average Bonchev–Trinajstić information content (AvgIpc) is 3.15. The Morgan fingerprint density at radius 3 is 2.59 bits per heavy atom. The van der Waals surface area contributed by atoms with Crippen LogP contribution in [0.2, 0.25) is 10.0 Å². The molecule has 4 rings (SSSR count). The van der Waals surface area contributed by atoms with Gasteiger partial charge in [-0.1, -0.05) is 29.3 Å². The number of ether oxygens (including phenoxy) is 2. The van der Waals surface area contributed by atoms with Gasteiger partial charge in [0, 0.05) is 21.3 Å². The quantitative estimate of drug-likeness (QED) is 0.687. The average molecular weight is 403 g/mol. The summed E-state index contributed by atoms with van der Waals surface area (Å²) in [5.74, 6) is 1.93. The van der Waals surface area contributed by atoms with E-state index in [0.717, 1.165) is 16.8 Å². The molecule has 0 saturated heterocycles. The van der Waals surface area contributed by atoms with E-state index in [4.69, 9.17) is 32.7 Å². The largest absolute Gasteiger partial charge is 0.493 e. The number of aromatic nitrogens is 3. The number of anilines is 1. The molecule has 6 nitrogen and oxygen atoms in total. The summed E-state index contributed by atoms with van der Waals surface area (Å²) < 4.78 is 12.5. The van der Waals surface area contributed by atoms with Gasteiger partial charge in [-0.05, 0) is 42.0 Å². The highest BCUT2D eigenvalue weighted by atomic mass is 35.5. The van der Waals surface area contributed by atoms with Gasteiger partial charge in [-0.15, -0.1) is 0 Å². The van der Waals surface area contributed by atoms with E-state index in [9.17, 15) is 0 Å². The molecular formula is C19H16Cl2N4O2. The van der Waals surface area contributed by atoms with Crippen LogP contribution in [-0.2, 0) is 0 Å². The Labute approximate surface area is 166 Å². The second-order valence-electron chi connectivity index (χ2n) is 5.91. The van der Waals surface area contributed by atoms with Gasteiger partial charge in [0.05, 0.1) is 14.2 Å². The van der Waals surface area contributed by atoms with Gasteiger partial charge >= 0.3 is 0 Å². The molecule has 0 bridgehead atoms. The fourth-order valence-corrected chi connectivity index (χ4v) is 3.59. The van der Waals surface area contributed by atoms with Crippen LogP contribution in [0.15, 0.2) is 48.8 Å². The molecule has 1 unspecified atom stereocenters. The van der Waals surface area contributed by atoms with Crippen molar-refractivity contribution < 1.29 is 9.47 Å². The van der Waals surface area contributed by atoms with Crippen LogP contribution < -0.4 is 14.8 Å². The van der Waals surface area contributed by atoms with Crippen molar-refractivity contribution >= 4 is 34.8 Å². The van der Waals surface area contributed by atoms with E-state index in [0.29, 0.717) is 27.5 Å². The van der Waals surface area contributed by atoms with Gasteiger partial charge in [0.1, 0.15) is 12.4 Å². The van der Waals surface area contributed by atoms with Crippen LogP contribution in [0.25, 0.3) is 5.70 Å². The molecule has 138 valence electrons. The molecule has 0 radical (unpaired) electrons. The lowest BCUT2D eigenvalue weighted by Crippen LogP contribution is -2.20. The molecule has 1 atom stereocenters. The summed E-state index contributed by atoms with van der Waals surface area (Å²) in [6.07, 6.45) is 3.54. The van der Waals surface area contributed by atoms with E-state index >= 15 is 0 Å². The van der Waals surface area contributed by atoms with E-state index < -0.39 is 0 Å². The topological polar surface area (TPSA) is 61.2 Å². The molecule has 1 aliphatic heterocycles. The first-order valence-electron chi connectivity index (χ1n) is 8.16. The molecule has 1 aliphatic rings. The molecule has 0 spiro atoms. The van der Waals surface area contributed by atoms with Crippen LogP contribution in [0.5, 0.6) is 11.5 Å². The Bertz CT molecular complexity index is 1030. The number of hydrogen-bond acceptors (Lipinski definition) is 5. The highest BCUT2D eigenvalue weighted by molar-refractivity contribution is 6.35. The maximum Gasteiger partial charge on any atom is 0.226 e. The highest BCUT2D eigenvalue weighted by Gasteiger charge is 2.25. The van der Waals surface area contributed by atoms with Gasteiger partial charge in [-0.2, -0.15) is 10.1 Å². The zero-order valence-electron chi connectivity index (χ0n) is 14.6. The normalized spacial score (nSPS) is 15.6. The zero-order valence-corrected chi connectivity index (χ0v) is 16.1. The molecule has 0 amide bonds. The predicted molar refractivity (Wildman–Crippen MR) is 106 cm³/mol. The third-order valence-corrected chi connectivity index (χ3v) is 4.95. The summed E-state index contributed by atoms with van der Waals surface area (Å²) >= 11 is 12.5. The van der Waals surface area contributed by atoms with Gasteiger partial charge in [-0.25, -0.2) is 4.68 Å². The monoisotopic (exact) mass is 402 g/mol. The summed E-state index contributed by atoms with van der Waals surface area (Å²) in [5.41, 5.74) is 2.68. The third kappa shape index (κ3) is 3.22. The number of halogens is 2. The van der Waals surface area contributed by atoms with Crippen LogP contribution in [0, 0.1) is 0 Å².